The quantitative estimate of drug-likeness (QED) is 0.778. The van der Waals surface area contributed by atoms with Crippen LogP contribution in [-0.4, -0.2) is 10.1 Å². The highest BCUT2D eigenvalue weighted by molar-refractivity contribution is 5.27. The maximum atomic E-state index is 12.3. The minimum atomic E-state index is -5.01. The number of halogens is 5. The molecule has 2 N–H and O–H groups in total. The minimum absolute atomic E-state index is 0.0506. The predicted octanol–water partition coefficient (Wildman–Crippen LogP) is 1.82. The Morgan fingerprint density at radius 1 is 1.38 bits per heavy atom. The third-order valence-corrected chi connectivity index (χ3v) is 1.86. The fourth-order valence-electron chi connectivity index (χ4n) is 1.12. The standard InChI is InChI=1S/C8H6F5NO2/c9-6(10)3-1-4(8(11,12)13)7(16)14-5(3)2-15/h1,6,15H,2H2,(H,14,16). The Morgan fingerprint density at radius 3 is 2.31 bits per heavy atom. The number of aliphatic hydroxyl groups is 1. The summed E-state index contributed by atoms with van der Waals surface area (Å²) in [5.74, 6) is 0. The van der Waals surface area contributed by atoms with Crippen LogP contribution in [0, 0.1) is 0 Å². The SMILES string of the molecule is O=c1[nH]c(CO)c(C(F)F)cc1C(F)(F)F. The molecule has 0 aromatic carbocycles. The van der Waals surface area contributed by atoms with Gasteiger partial charge < -0.3 is 10.1 Å². The Morgan fingerprint density at radius 2 is 1.94 bits per heavy atom. The monoisotopic (exact) mass is 243 g/mol. The summed E-state index contributed by atoms with van der Waals surface area (Å²) in [6.07, 6.45) is -8.22. The number of aromatic nitrogens is 1. The van der Waals surface area contributed by atoms with Gasteiger partial charge in [0.25, 0.3) is 12.0 Å². The molecule has 0 aliphatic heterocycles. The number of hydrogen-bond donors (Lipinski definition) is 2. The summed E-state index contributed by atoms with van der Waals surface area (Å²) in [6, 6.07) is 0.0506. The van der Waals surface area contributed by atoms with E-state index in [4.69, 9.17) is 5.11 Å². The van der Waals surface area contributed by atoms with E-state index in [-0.39, 0.29) is 6.07 Å². The zero-order valence-corrected chi connectivity index (χ0v) is 7.61. The number of pyridine rings is 1. The lowest BCUT2D eigenvalue weighted by Crippen LogP contribution is -2.24. The second-order valence-electron chi connectivity index (χ2n) is 2.90. The number of aromatic amines is 1. The molecule has 1 rings (SSSR count). The molecule has 0 fully saturated rings. The number of hydrogen-bond acceptors (Lipinski definition) is 2. The van der Waals surface area contributed by atoms with Crippen LogP contribution in [0.1, 0.15) is 23.2 Å². The molecule has 8 heteroatoms. The first-order valence-electron chi connectivity index (χ1n) is 3.99. The maximum Gasteiger partial charge on any atom is 0.421 e. The molecule has 90 valence electrons. The summed E-state index contributed by atoms with van der Waals surface area (Å²) in [5, 5.41) is 8.60. The summed E-state index contributed by atoms with van der Waals surface area (Å²) < 4.78 is 61.2. The molecule has 0 amide bonds. The topological polar surface area (TPSA) is 53.1 Å². The number of aliphatic hydroxyl groups excluding tert-OH is 1. The van der Waals surface area contributed by atoms with Gasteiger partial charge in [-0.15, -0.1) is 0 Å². The molecule has 0 aliphatic carbocycles. The smallest absolute Gasteiger partial charge is 0.390 e. The molecule has 0 saturated heterocycles. The third kappa shape index (κ3) is 2.38. The second kappa shape index (κ2) is 4.20. The van der Waals surface area contributed by atoms with Crippen molar-refractivity contribution in [2.45, 2.75) is 19.2 Å². The molecular weight excluding hydrogens is 237 g/mol. The second-order valence-corrected chi connectivity index (χ2v) is 2.90. The fraction of sp³-hybridized carbons (Fsp3) is 0.375. The highest BCUT2D eigenvalue weighted by Crippen LogP contribution is 2.30. The normalized spacial score (nSPS) is 12.2. The molecule has 0 spiro atoms. The average Bonchev–Trinajstić information content (AvgIpc) is 2.14. The minimum Gasteiger partial charge on any atom is -0.390 e. The van der Waals surface area contributed by atoms with Gasteiger partial charge in [0.2, 0.25) is 0 Å². The average molecular weight is 243 g/mol. The van der Waals surface area contributed by atoms with Crippen LogP contribution in [0.4, 0.5) is 22.0 Å². The summed E-state index contributed by atoms with van der Waals surface area (Å²) in [7, 11) is 0. The van der Waals surface area contributed by atoms with E-state index in [1.165, 1.54) is 0 Å². The van der Waals surface area contributed by atoms with Gasteiger partial charge in [0.1, 0.15) is 5.56 Å². The number of rotatable bonds is 2. The van der Waals surface area contributed by atoms with Crippen LogP contribution in [0.3, 0.4) is 0 Å². The first-order chi connectivity index (χ1) is 7.27. The van der Waals surface area contributed by atoms with Crippen molar-refractivity contribution in [2.75, 3.05) is 0 Å². The number of alkyl halides is 5. The van der Waals surface area contributed by atoms with Gasteiger partial charge >= 0.3 is 6.18 Å². The van der Waals surface area contributed by atoms with E-state index >= 15 is 0 Å². The van der Waals surface area contributed by atoms with Crippen molar-refractivity contribution < 1.29 is 27.1 Å². The fourth-order valence-corrected chi connectivity index (χ4v) is 1.12. The van der Waals surface area contributed by atoms with E-state index in [0.29, 0.717) is 0 Å². The van der Waals surface area contributed by atoms with Crippen LogP contribution < -0.4 is 5.56 Å². The van der Waals surface area contributed by atoms with Crippen LogP contribution in [0.25, 0.3) is 0 Å². The highest BCUT2D eigenvalue weighted by Gasteiger charge is 2.35. The molecule has 0 saturated carbocycles. The van der Waals surface area contributed by atoms with Gasteiger partial charge in [-0.3, -0.25) is 4.79 Å². The third-order valence-electron chi connectivity index (χ3n) is 1.86. The highest BCUT2D eigenvalue weighted by atomic mass is 19.4. The zero-order chi connectivity index (χ0) is 12.5. The van der Waals surface area contributed by atoms with Gasteiger partial charge in [-0.25, -0.2) is 8.78 Å². The van der Waals surface area contributed by atoms with Crippen molar-refractivity contribution in [3.63, 3.8) is 0 Å². The molecular formula is C8H6F5NO2. The first kappa shape index (κ1) is 12.6. The van der Waals surface area contributed by atoms with Gasteiger partial charge in [0.05, 0.1) is 12.3 Å². The summed E-state index contributed by atoms with van der Waals surface area (Å²) in [6.45, 7) is -0.965. The van der Waals surface area contributed by atoms with E-state index in [0.717, 1.165) is 0 Å². The summed E-state index contributed by atoms with van der Waals surface area (Å²) >= 11 is 0. The largest absolute Gasteiger partial charge is 0.421 e. The Hall–Kier alpha value is -1.44. The molecule has 1 aromatic rings. The van der Waals surface area contributed by atoms with E-state index in [1.807, 2.05) is 0 Å². The number of nitrogens with one attached hydrogen (secondary N) is 1. The van der Waals surface area contributed by atoms with Crippen LogP contribution in [0.15, 0.2) is 10.9 Å². The molecule has 1 heterocycles. The lowest BCUT2D eigenvalue weighted by atomic mass is 10.1. The van der Waals surface area contributed by atoms with Gasteiger partial charge in [0.15, 0.2) is 0 Å². The Kier molecular flexibility index (Phi) is 3.32. The number of H-pyrrole nitrogens is 1. The van der Waals surface area contributed by atoms with Crippen molar-refractivity contribution in [2.24, 2.45) is 0 Å². The van der Waals surface area contributed by atoms with Crippen molar-refractivity contribution in [3.05, 3.63) is 33.2 Å². The zero-order valence-electron chi connectivity index (χ0n) is 7.61. The van der Waals surface area contributed by atoms with Crippen LogP contribution in [0.2, 0.25) is 0 Å². The summed E-state index contributed by atoms with van der Waals surface area (Å²) in [5.41, 5.74) is -4.91. The Balaban J connectivity index is 3.46. The molecule has 0 aliphatic rings. The molecule has 3 nitrogen and oxygen atoms in total. The van der Waals surface area contributed by atoms with E-state index < -0.39 is 41.6 Å². The predicted molar refractivity (Wildman–Crippen MR) is 42.9 cm³/mol. The van der Waals surface area contributed by atoms with Crippen LogP contribution in [0.5, 0.6) is 0 Å². The lowest BCUT2D eigenvalue weighted by Gasteiger charge is -2.10. The van der Waals surface area contributed by atoms with Crippen molar-refractivity contribution >= 4 is 0 Å². The van der Waals surface area contributed by atoms with E-state index in [9.17, 15) is 26.7 Å². The maximum absolute atomic E-state index is 12.3. The molecule has 16 heavy (non-hydrogen) atoms. The van der Waals surface area contributed by atoms with E-state index in [2.05, 4.69) is 0 Å². The molecule has 0 unspecified atom stereocenters. The van der Waals surface area contributed by atoms with E-state index in [1.54, 1.807) is 4.98 Å². The molecule has 0 atom stereocenters. The van der Waals surface area contributed by atoms with Crippen LogP contribution in [-0.2, 0) is 12.8 Å². The molecule has 1 aromatic heterocycles. The lowest BCUT2D eigenvalue weighted by molar-refractivity contribution is -0.138. The van der Waals surface area contributed by atoms with Gasteiger partial charge in [0, 0.05) is 5.56 Å². The van der Waals surface area contributed by atoms with Crippen molar-refractivity contribution in [1.82, 2.24) is 4.98 Å². The Labute approximate surface area is 85.5 Å². The molecule has 0 radical (unpaired) electrons. The van der Waals surface area contributed by atoms with Crippen molar-refractivity contribution in [1.29, 1.82) is 0 Å². The van der Waals surface area contributed by atoms with Gasteiger partial charge in [-0.2, -0.15) is 13.2 Å². The summed E-state index contributed by atoms with van der Waals surface area (Å²) in [4.78, 5) is 12.5. The van der Waals surface area contributed by atoms with Crippen LogP contribution >= 0.6 is 0 Å². The van der Waals surface area contributed by atoms with Gasteiger partial charge in [-0.1, -0.05) is 0 Å². The molecule has 0 bridgehead atoms. The van der Waals surface area contributed by atoms with Gasteiger partial charge in [-0.05, 0) is 6.07 Å². The first-order valence-corrected chi connectivity index (χ1v) is 3.99. The van der Waals surface area contributed by atoms with Crippen molar-refractivity contribution in [3.8, 4) is 0 Å². The Bertz CT molecular complexity index is 437.